The third kappa shape index (κ3) is 3.17. The fraction of sp³-hybridized carbons (Fsp3) is 0.357. The minimum atomic E-state index is 0.341. The molecule has 0 N–H and O–H groups in total. The summed E-state index contributed by atoms with van der Waals surface area (Å²) in [6.07, 6.45) is 1.86. The van der Waals surface area contributed by atoms with Crippen LogP contribution in [0.5, 0.6) is 17.2 Å². The van der Waals surface area contributed by atoms with Crippen molar-refractivity contribution in [3.63, 3.8) is 0 Å². The number of nitrogens with zero attached hydrogens (tertiary/aromatic N) is 2. The first kappa shape index (κ1) is 14.5. The van der Waals surface area contributed by atoms with Crippen molar-refractivity contribution < 1.29 is 14.2 Å². The standard InChI is InChI=1S/C14H17ClN2O3/c1-17-5-4-11(16-17)9-20-14-12(18-2)6-10(8-15)7-13(14)19-3/h4-7H,8-9H2,1-3H3. The highest BCUT2D eigenvalue weighted by molar-refractivity contribution is 6.17. The molecule has 0 atom stereocenters. The zero-order valence-electron chi connectivity index (χ0n) is 11.7. The Bertz CT molecular complexity index is 559. The molecule has 0 amide bonds. The molecule has 0 aliphatic carbocycles. The van der Waals surface area contributed by atoms with Gasteiger partial charge in [0.2, 0.25) is 5.75 Å². The van der Waals surface area contributed by atoms with Crippen molar-refractivity contribution in [3.05, 3.63) is 35.7 Å². The molecule has 0 unspecified atom stereocenters. The third-order valence-corrected chi connectivity index (χ3v) is 3.12. The van der Waals surface area contributed by atoms with E-state index in [1.165, 1.54) is 0 Å². The summed E-state index contributed by atoms with van der Waals surface area (Å²) in [5, 5.41) is 4.26. The number of hydrogen-bond acceptors (Lipinski definition) is 4. The normalized spacial score (nSPS) is 10.4. The van der Waals surface area contributed by atoms with Crippen LogP contribution in [0.1, 0.15) is 11.3 Å². The Morgan fingerprint density at radius 2 is 1.85 bits per heavy atom. The molecular formula is C14H17ClN2O3. The molecule has 0 bridgehead atoms. The molecule has 2 aromatic rings. The van der Waals surface area contributed by atoms with Crippen LogP contribution in [0.4, 0.5) is 0 Å². The van der Waals surface area contributed by atoms with E-state index in [1.54, 1.807) is 18.9 Å². The van der Waals surface area contributed by atoms with Crippen molar-refractivity contribution in [3.8, 4) is 17.2 Å². The lowest BCUT2D eigenvalue weighted by molar-refractivity contribution is 0.262. The Hall–Kier alpha value is -1.88. The van der Waals surface area contributed by atoms with Crippen LogP contribution < -0.4 is 14.2 Å². The lowest BCUT2D eigenvalue weighted by Crippen LogP contribution is -2.02. The van der Waals surface area contributed by atoms with Crippen LogP contribution in [0, 0.1) is 0 Å². The highest BCUT2D eigenvalue weighted by Crippen LogP contribution is 2.39. The van der Waals surface area contributed by atoms with Crippen molar-refractivity contribution in [1.82, 2.24) is 9.78 Å². The van der Waals surface area contributed by atoms with Crippen LogP contribution in [0.25, 0.3) is 0 Å². The van der Waals surface area contributed by atoms with Crippen molar-refractivity contribution in [2.45, 2.75) is 12.5 Å². The Morgan fingerprint density at radius 3 is 2.30 bits per heavy atom. The first-order valence-electron chi connectivity index (χ1n) is 6.10. The van der Waals surface area contributed by atoms with Crippen LogP contribution in [0.15, 0.2) is 24.4 Å². The predicted octanol–water partition coefficient (Wildman–Crippen LogP) is 2.76. The summed E-state index contributed by atoms with van der Waals surface area (Å²) >= 11 is 5.85. The summed E-state index contributed by atoms with van der Waals surface area (Å²) < 4.78 is 18.2. The van der Waals surface area contributed by atoms with Crippen molar-refractivity contribution in [1.29, 1.82) is 0 Å². The average molecular weight is 297 g/mol. The van der Waals surface area contributed by atoms with Gasteiger partial charge in [0, 0.05) is 19.1 Å². The second-order valence-electron chi connectivity index (χ2n) is 4.23. The maximum absolute atomic E-state index is 5.85. The minimum Gasteiger partial charge on any atom is -0.493 e. The zero-order valence-corrected chi connectivity index (χ0v) is 12.5. The molecule has 0 saturated heterocycles. The molecule has 0 aliphatic heterocycles. The number of aromatic nitrogens is 2. The first-order chi connectivity index (χ1) is 9.67. The molecule has 5 nitrogen and oxygen atoms in total. The molecule has 2 rings (SSSR count). The van der Waals surface area contributed by atoms with Gasteiger partial charge < -0.3 is 14.2 Å². The van der Waals surface area contributed by atoms with Gasteiger partial charge in [-0.15, -0.1) is 11.6 Å². The summed E-state index contributed by atoms with van der Waals surface area (Å²) in [4.78, 5) is 0. The van der Waals surface area contributed by atoms with E-state index in [0.717, 1.165) is 11.3 Å². The Kier molecular flexibility index (Phi) is 4.74. The van der Waals surface area contributed by atoms with Crippen LogP contribution >= 0.6 is 11.6 Å². The molecule has 0 saturated carbocycles. The number of benzene rings is 1. The zero-order chi connectivity index (χ0) is 14.5. The molecule has 0 spiro atoms. The molecule has 1 heterocycles. The van der Waals surface area contributed by atoms with E-state index in [9.17, 15) is 0 Å². The second kappa shape index (κ2) is 6.52. The molecular weight excluding hydrogens is 280 g/mol. The van der Waals surface area contributed by atoms with Crippen LogP contribution in [-0.2, 0) is 19.5 Å². The Balaban J connectivity index is 2.24. The molecule has 1 aromatic carbocycles. The van der Waals surface area contributed by atoms with E-state index in [4.69, 9.17) is 25.8 Å². The molecule has 1 aromatic heterocycles. The monoisotopic (exact) mass is 296 g/mol. The number of halogens is 1. The summed E-state index contributed by atoms with van der Waals surface area (Å²) in [7, 11) is 5.03. The molecule has 6 heteroatoms. The van der Waals surface area contributed by atoms with Crippen LogP contribution in [0.3, 0.4) is 0 Å². The van der Waals surface area contributed by atoms with Gasteiger partial charge in [0.1, 0.15) is 6.61 Å². The largest absolute Gasteiger partial charge is 0.493 e. The SMILES string of the molecule is COc1cc(CCl)cc(OC)c1OCc1ccn(C)n1. The minimum absolute atomic E-state index is 0.341. The quantitative estimate of drug-likeness (QED) is 0.769. The maximum Gasteiger partial charge on any atom is 0.203 e. The van der Waals surface area contributed by atoms with E-state index in [2.05, 4.69) is 5.10 Å². The number of aryl methyl sites for hydroxylation is 1. The van der Waals surface area contributed by atoms with Gasteiger partial charge in [-0.3, -0.25) is 4.68 Å². The molecule has 0 fully saturated rings. The number of rotatable bonds is 6. The Labute approximate surface area is 123 Å². The van der Waals surface area contributed by atoms with E-state index < -0.39 is 0 Å². The average Bonchev–Trinajstić information content (AvgIpc) is 2.89. The fourth-order valence-electron chi connectivity index (χ4n) is 1.84. The van der Waals surface area contributed by atoms with Gasteiger partial charge in [-0.1, -0.05) is 0 Å². The van der Waals surface area contributed by atoms with Crippen LogP contribution in [-0.4, -0.2) is 24.0 Å². The van der Waals surface area contributed by atoms with Gasteiger partial charge >= 0.3 is 0 Å². The lowest BCUT2D eigenvalue weighted by atomic mass is 10.2. The van der Waals surface area contributed by atoms with E-state index in [1.807, 2.05) is 31.4 Å². The van der Waals surface area contributed by atoms with Crippen molar-refractivity contribution in [2.24, 2.45) is 7.05 Å². The van der Waals surface area contributed by atoms with Crippen molar-refractivity contribution in [2.75, 3.05) is 14.2 Å². The summed E-state index contributed by atoms with van der Waals surface area (Å²) in [6.45, 7) is 0.341. The predicted molar refractivity (Wildman–Crippen MR) is 76.6 cm³/mol. The van der Waals surface area contributed by atoms with Crippen molar-refractivity contribution >= 4 is 11.6 Å². The summed E-state index contributed by atoms with van der Waals surface area (Å²) in [6, 6.07) is 5.57. The smallest absolute Gasteiger partial charge is 0.203 e. The molecule has 20 heavy (non-hydrogen) atoms. The second-order valence-corrected chi connectivity index (χ2v) is 4.50. The third-order valence-electron chi connectivity index (χ3n) is 2.81. The number of hydrogen-bond donors (Lipinski definition) is 0. The maximum atomic E-state index is 5.85. The van der Waals surface area contributed by atoms with Gasteiger partial charge in [0.05, 0.1) is 19.9 Å². The molecule has 0 aliphatic rings. The Morgan fingerprint density at radius 1 is 1.20 bits per heavy atom. The number of ether oxygens (including phenoxy) is 3. The molecule has 108 valence electrons. The van der Waals surface area contributed by atoms with Gasteiger partial charge in [0.15, 0.2) is 11.5 Å². The highest BCUT2D eigenvalue weighted by Gasteiger charge is 2.14. The highest BCUT2D eigenvalue weighted by atomic mass is 35.5. The first-order valence-corrected chi connectivity index (χ1v) is 6.63. The number of alkyl halides is 1. The fourth-order valence-corrected chi connectivity index (χ4v) is 1.99. The van der Waals surface area contributed by atoms with Gasteiger partial charge in [-0.2, -0.15) is 5.10 Å². The van der Waals surface area contributed by atoms with Crippen LogP contribution in [0.2, 0.25) is 0 Å². The van der Waals surface area contributed by atoms with E-state index >= 15 is 0 Å². The van der Waals surface area contributed by atoms with Gasteiger partial charge in [-0.25, -0.2) is 0 Å². The molecule has 0 radical (unpaired) electrons. The lowest BCUT2D eigenvalue weighted by Gasteiger charge is -2.15. The van der Waals surface area contributed by atoms with Gasteiger partial charge in [0.25, 0.3) is 0 Å². The summed E-state index contributed by atoms with van der Waals surface area (Å²) in [5.74, 6) is 2.12. The summed E-state index contributed by atoms with van der Waals surface area (Å²) in [5.41, 5.74) is 1.74. The van der Waals surface area contributed by atoms with E-state index in [-0.39, 0.29) is 0 Å². The van der Waals surface area contributed by atoms with Gasteiger partial charge in [-0.05, 0) is 23.8 Å². The number of methoxy groups -OCH3 is 2. The topological polar surface area (TPSA) is 45.5 Å². The van der Waals surface area contributed by atoms with E-state index in [0.29, 0.717) is 29.7 Å².